The van der Waals surface area contributed by atoms with Crippen LogP contribution in [0.25, 0.3) is 0 Å². The summed E-state index contributed by atoms with van der Waals surface area (Å²) in [6.07, 6.45) is 1.47. The smallest absolute Gasteiger partial charge is 0.246 e. The zero-order valence-electron chi connectivity index (χ0n) is 6.67. The van der Waals surface area contributed by atoms with Crippen LogP contribution in [-0.4, -0.2) is 29.3 Å². The van der Waals surface area contributed by atoms with Gasteiger partial charge in [0.15, 0.2) is 0 Å². The van der Waals surface area contributed by atoms with Gasteiger partial charge in [0.25, 0.3) is 0 Å². The summed E-state index contributed by atoms with van der Waals surface area (Å²) in [4.78, 5) is 24.0. The van der Waals surface area contributed by atoms with Crippen molar-refractivity contribution in [3.05, 3.63) is 12.3 Å². The fourth-order valence-corrected chi connectivity index (χ4v) is 1.74. The molecular weight excluding hydrogens is 156 g/mol. The van der Waals surface area contributed by atoms with Gasteiger partial charge in [-0.15, -0.1) is 0 Å². The van der Waals surface area contributed by atoms with Gasteiger partial charge in [-0.1, -0.05) is 6.58 Å². The Morgan fingerprint density at radius 2 is 2.25 bits per heavy atom. The minimum atomic E-state index is -0.279. The number of rotatable bonds is 0. The molecule has 0 radical (unpaired) electrons. The van der Waals surface area contributed by atoms with Crippen LogP contribution >= 0.6 is 0 Å². The summed E-state index contributed by atoms with van der Waals surface area (Å²) in [5.74, 6) is -0.0876. The van der Waals surface area contributed by atoms with Crippen LogP contribution in [0.15, 0.2) is 12.3 Å². The normalized spacial score (nSPS) is 28.8. The number of piperazine rings is 1. The number of nitrogens with zero attached hydrogens (tertiary/aromatic N) is 1. The number of carbonyl (C=O) groups excluding carboxylic acids is 2. The number of nitrogens with one attached hydrogen (secondary N) is 1. The summed E-state index contributed by atoms with van der Waals surface area (Å²) in [6.45, 7) is 3.87. The van der Waals surface area contributed by atoms with Crippen molar-refractivity contribution in [1.29, 1.82) is 0 Å². The molecule has 12 heavy (non-hydrogen) atoms. The second-order valence-corrected chi connectivity index (χ2v) is 3.10. The average Bonchev–Trinajstić information content (AvgIpc) is 2.42. The van der Waals surface area contributed by atoms with Gasteiger partial charge in [-0.3, -0.25) is 9.59 Å². The molecular formula is C8H10N2O2. The van der Waals surface area contributed by atoms with Gasteiger partial charge in [-0.2, -0.15) is 0 Å². The molecule has 0 saturated carbocycles. The van der Waals surface area contributed by atoms with Crippen LogP contribution in [0.5, 0.6) is 0 Å². The second kappa shape index (κ2) is 2.33. The lowest BCUT2D eigenvalue weighted by Crippen LogP contribution is -2.54. The van der Waals surface area contributed by atoms with Crippen molar-refractivity contribution in [3.8, 4) is 0 Å². The fraction of sp³-hybridized carbons (Fsp3) is 0.500. The second-order valence-electron chi connectivity index (χ2n) is 3.10. The minimum Gasteiger partial charge on any atom is -0.345 e. The molecule has 0 aliphatic carbocycles. The molecule has 64 valence electrons. The standard InChI is InChI=1S/C8H10N2O2/c1-5-2-3-6-8(12)9-4-7(11)10(5)6/h6H,1-4H2,(H,9,12). The molecule has 0 aromatic rings. The third-order valence-electron chi connectivity index (χ3n) is 2.34. The van der Waals surface area contributed by atoms with E-state index in [4.69, 9.17) is 0 Å². The van der Waals surface area contributed by atoms with Crippen molar-refractivity contribution in [2.24, 2.45) is 0 Å². The molecule has 0 aromatic heterocycles. The highest BCUT2D eigenvalue weighted by Crippen LogP contribution is 2.27. The van der Waals surface area contributed by atoms with Gasteiger partial charge >= 0.3 is 0 Å². The van der Waals surface area contributed by atoms with Gasteiger partial charge in [0.2, 0.25) is 11.8 Å². The van der Waals surface area contributed by atoms with Crippen LogP contribution in [0.4, 0.5) is 0 Å². The van der Waals surface area contributed by atoms with Crippen molar-refractivity contribution in [2.45, 2.75) is 18.9 Å². The van der Waals surface area contributed by atoms with Gasteiger partial charge in [0.05, 0.1) is 6.54 Å². The predicted octanol–water partition coefficient (Wildman–Crippen LogP) is -0.379. The first-order chi connectivity index (χ1) is 5.70. The quantitative estimate of drug-likeness (QED) is 0.533. The van der Waals surface area contributed by atoms with Gasteiger partial charge in [0.1, 0.15) is 6.04 Å². The lowest BCUT2D eigenvalue weighted by atomic mass is 10.2. The molecule has 0 bridgehead atoms. The van der Waals surface area contributed by atoms with Gasteiger partial charge in [-0.05, 0) is 12.8 Å². The molecule has 2 saturated heterocycles. The number of hydrogen-bond acceptors (Lipinski definition) is 2. The van der Waals surface area contributed by atoms with Crippen molar-refractivity contribution in [1.82, 2.24) is 10.2 Å². The zero-order chi connectivity index (χ0) is 8.72. The summed E-state index contributed by atoms with van der Waals surface area (Å²) < 4.78 is 0. The maximum atomic E-state index is 11.3. The van der Waals surface area contributed by atoms with E-state index in [1.807, 2.05) is 0 Å². The highest BCUT2D eigenvalue weighted by molar-refractivity contribution is 5.96. The molecule has 1 N–H and O–H groups in total. The molecule has 2 rings (SSSR count). The topological polar surface area (TPSA) is 49.4 Å². The molecule has 4 nitrogen and oxygen atoms in total. The van der Waals surface area contributed by atoms with E-state index < -0.39 is 0 Å². The van der Waals surface area contributed by atoms with Crippen LogP contribution in [-0.2, 0) is 9.59 Å². The third-order valence-corrected chi connectivity index (χ3v) is 2.34. The first-order valence-corrected chi connectivity index (χ1v) is 3.97. The number of allylic oxidation sites excluding steroid dienone is 1. The highest BCUT2D eigenvalue weighted by Gasteiger charge is 2.39. The van der Waals surface area contributed by atoms with E-state index in [1.54, 1.807) is 0 Å². The summed E-state index contributed by atoms with van der Waals surface area (Å²) in [5.41, 5.74) is 0.778. The summed E-state index contributed by atoms with van der Waals surface area (Å²) in [5, 5.41) is 2.55. The first kappa shape index (κ1) is 7.34. The molecule has 2 aliphatic rings. The Morgan fingerprint density at radius 3 is 2.92 bits per heavy atom. The molecule has 2 fully saturated rings. The van der Waals surface area contributed by atoms with E-state index >= 15 is 0 Å². The van der Waals surface area contributed by atoms with Crippen LogP contribution in [0.2, 0.25) is 0 Å². The Balaban J connectivity index is 2.30. The van der Waals surface area contributed by atoms with Crippen molar-refractivity contribution in [3.63, 3.8) is 0 Å². The number of fused-ring (bicyclic) bond motifs is 1. The van der Waals surface area contributed by atoms with E-state index in [0.29, 0.717) is 0 Å². The number of hydrogen-bond donors (Lipinski definition) is 1. The monoisotopic (exact) mass is 166 g/mol. The molecule has 0 aromatic carbocycles. The molecule has 2 aliphatic heterocycles. The highest BCUT2D eigenvalue weighted by atomic mass is 16.2. The Morgan fingerprint density at radius 1 is 1.50 bits per heavy atom. The molecule has 1 unspecified atom stereocenters. The van der Waals surface area contributed by atoms with E-state index in [1.165, 1.54) is 4.90 Å². The van der Waals surface area contributed by atoms with Crippen LogP contribution < -0.4 is 5.32 Å². The largest absolute Gasteiger partial charge is 0.345 e. The zero-order valence-corrected chi connectivity index (χ0v) is 6.67. The maximum absolute atomic E-state index is 11.3. The Hall–Kier alpha value is -1.32. The van der Waals surface area contributed by atoms with Crippen LogP contribution in [0.1, 0.15) is 12.8 Å². The minimum absolute atomic E-state index is 0.0397. The van der Waals surface area contributed by atoms with Gasteiger partial charge in [-0.25, -0.2) is 0 Å². The Kier molecular flexibility index (Phi) is 1.43. The number of carbonyl (C=O) groups is 2. The number of amides is 2. The van der Waals surface area contributed by atoms with Crippen LogP contribution in [0.3, 0.4) is 0 Å². The van der Waals surface area contributed by atoms with E-state index in [0.717, 1.165) is 18.5 Å². The molecule has 4 heteroatoms. The predicted molar refractivity (Wildman–Crippen MR) is 42.0 cm³/mol. The van der Waals surface area contributed by atoms with Crippen molar-refractivity contribution < 1.29 is 9.59 Å². The van der Waals surface area contributed by atoms with E-state index in [9.17, 15) is 9.59 Å². The maximum Gasteiger partial charge on any atom is 0.246 e. The van der Waals surface area contributed by atoms with Gasteiger partial charge in [0, 0.05) is 5.70 Å². The molecule has 2 amide bonds. The van der Waals surface area contributed by atoms with E-state index in [2.05, 4.69) is 11.9 Å². The van der Waals surface area contributed by atoms with E-state index in [-0.39, 0.29) is 24.4 Å². The molecule has 0 spiro atoms. The fourth-order valence-electron chi connectivity index (χ4n) is 1.74. The summed E-state index contributed by atoms with van der Waals surface area (Å²) in [6, 6.07) is -0.279. The van der Waals surface area contributed by atoms with Crippen molar-refractivity contribution >= 4 is 11.8 Å². The average molecular weight is 166 g/mol. The summed E-state index contributed by atoms with van der Waals surface area (Å²) in [7, 11) is 0. The van der Waals surface area contributed by atoms with Gasteiger partial charge < -0.3 is 10.2 Å². The Bertz CT molecular complexity index is 272. The lowest BCUT2D eigenvalue weighted by molar-refractivity contribution is -0.141. The van der Waals surface area contributed by atoms with Crippen molar-refractivity contribution in [2.75, 3.05) is 6.54 Å². The lowest BCUT2D eigenvalue weighted by Gasteiger charge is -2.29. The SMILES string of the molecule is C=C1CCC2C(=O)NCC(=O)N12. The first-order valence-electron chi connectivity index (χ1n) is 3.97. The molecule has 2 heterocycles. The van der Waals surface area contributed by atoms with Crippen LogP contribution in [0, 0.1) is 0 Å². The molecule has 1 atom stereocenters. The summed E-state index contributed by atoms with van der Waals surface area (Å²) >= 11 is 0. The third kappa shape index (κ3) is 0.841. The Labute approximate surface area is 70.2 Å².